The molecule has 29 heavy (non-hydrogen) atoms. The number of aliphatic hydroxyl groups excluding tert-OH is 1. The number of hydrogen-bond donors (Lipinski definition) is 4. The number of ketones is 1. The van der Waals surface area contributed by atoms with Crippen LogP contribution in [0.4, 0.5) is 5.13 Å². The third kappa shape index (κ3) is 13.5. The number of nitrogens with two attached hydrogens (primary N) is 3. The summed E-state index contributed by atoms with van der Waals surface area (Å²) in [6, 6.07) is 19.2. The molecule has 0 amide bonds. The Morgan fingerprint density at radius 3 is 1.90 bits per heavy atom. The number of benzene rings is 2. The molecule has 0 fully saturated rings. The zero-order chi connectivity index (χ0) is 21.4. The van der Waals surface area contributed by atoms with Gasteiger partial charge >= 0.3 is 0 Å². The van der Waals surface area contributed by atoms with Gasteiger partial charge in [-0.3, -0.25) is 4.79 Å². The monoisotopic (exact) mass is 498 g/mol. The summed E-state index contributed by atoms with van der Waals surface area (Å²) in [7, 11) is 1.00. The number of aromatic nitrogens is 1. The number of rotatable bonds is 3. The van der Waals surface area contributed by atoms with E-state index < -0.39 is 0 Å². The van der Waals surface area contributed by atoms with Crippen molar-refractivity contribution in [3.63, 3.8) is 0 Å². The Bertz CT molecular complexity index is 812. The molecule has 1 aromatic heterocycles. The minimum Gasteiger partial charge on any atom is -0.400 e. The van der Waals surface area contributed by atoms with Crippen LogP contribution in [0, 0.1) is 0 Å². The maximum atomic E-state index is 11.0. The summed E-state index contributed by atoms with van der Waals surface area (Å²) < 4.78 is 0. The van der Waals surface area contributed by atoms with Crippen molar-refractivity contribution in [2.45, 2.75) is 7.43 Å². The van der Waals surface area contributed by atoms with Crippen LogP contribution >= 0.6 is 39.5 Å². The second kappa shape index (κ2) is 17.7. The van der Waals surface area contributed by atoms with E-state index in [1.165, 1.54) is 11.3 Å². The molecule has 7 N–H and O–H groups in total. The number of anilines is 1. The molecule has 158 valence electrons. The molecule has 0 bridgehead atoms. The van der Waals surface area contributed by atoms with Crippen LogP contribution in [0.1, 0.15) is 17.8 Å². The fourth-order valence-electron chi connectivity index (χ4n) is 1.73. The molecule has 3 aromatic rings. The maximum absolute atomic E-state index is 11.0. The van der Waals surface area contributed by atoms with E-state index in [4.69, 9.17) is 10.8 Å². The lowest BCUT2D eigenvalue weighted by molar-refractivity contribution is 0.102. The van der Waals surface area contributed by atoms with Crippen molar-refractivity contribution in [2.75, 3.05) is 18.2 Å². The molecule has 2 aromatic carbocycles. The first-order valence-electron chi connectivity index (χ1n) is 7.84. The minimum atomic E-state index is 0. The number of hydrogen-bond acceptors (Lipinski definition) is 6. The molecule has 0 radical (unpaired) electrons. The lowest BCUT2D eigenvalue weighted by Gasteiger charge is -1.92. The van der Waals surface area contributed by atoms with Gasteiger partial charge in [-0.1, -0.05) is 84.0 Å². The molecule has 1 heterocycles. The number of carbonyl (C=O) groups excluding carboxylic acids is 1. The van der Waals surface area contributed by atoms with Crippen LogP contribution < -0.4 is 17.2 Å². The van der Waals surface area contributed by atoms with Gasteiger partial charge in [0.2, 0.25) is 0 Å². The van der Waals surface area contributed by atoms with E-state index in [9.17, 15) is 4.79 Å². The van der Waals surface area contributed by atoms with Crippen molar-refractivity contribution in [1.29, 1.82) is 0 Å². The number of carbonyl (C=O) groups is 1. The molecule has 0 saturated heterocycles. The van der Waals surface area contributed by atoms with Gasteiger partial charge in [0.1, 0.15) is 0 Å². The smallest absolute Gasteiger partial charge is 0.180 e. The Morgan fingerprint density at radius 2 is 1.52 bits per heavy atom. The summed E-state index contributed by atoms with van der Waals surface area (Å²) in [5.41, 5.74) is 17.6. The molecule has 9 heteroatoms. The van der Waals surface area contributed by atoms with Gasteiger partial charge in [-0.15, -0.1) is 11.3 Å². The standard InChI is InChI=1S/C9H8N2S.C8H7BrO.CH4N2S.CH4O.CH4/c10-9-11-8(6-12-9)7-4-2-1-3-5-7;9-6-8(10)7-4-2-1-3-5-7;2-1(3)4;1-2;/h1-6H,(H2,10,11);1-5H,6H2;(H4,2,3,4);2H,1H3;1H4. The van der Waals surface area contributed by atoms with Gasteiger partial charge in [0.25, 0.3) is 0 Å². The first kappa shape index (κ1) is 28.9. The van der Waals surface area contributed by atoms with Crippen molar-refractivity contribution in [3.05, 3.63) is 71.6 Å². The molecular formula is C20H27BrN4O2S2. The number of alkyl halides is 1. The summed E-state index contributed by atoms with van der Waals surface area (Å²) in [6.45, 7) is 0. The topological polar surface area (TPSA) is 128 Å². The number of thiazole rings is 1. The van der Waals surface area contributed by atoms with Crippen LogP contribution in [-0.4, -0.2) is 33.4 Å². The number of aliphatic hydroxyl groups is 1. The summed E-state index contributed by atoms with van der Waals surface area (Å²) in [4.78, 5) is 15.1. The van der Waals surface area contributed by atoms with Crippen LogP contribution in [0.15, 0.2) is 66.0 Å². The van der Waals surface area contributed by atoms with Crippen molar-refractivity contribution in [3.8, 4) is 11.3 Å². The van der Waals surface area contributed by atoms with Crippen LogP contribution in [0.2, 0.25) is 0 Å². The number of nitrogens with zero attached hydrogens (tertiary/aromatic N) is 1. The van der Waals surface area contributed by atoms with Gasteiger partial charge in [-0.2, -0.15) is 0 Å². The maximum Gasteiger partial charge on any atom is 0.180 e. The number of Topliss-reactive ketones (excluding diaryl/α,β-unsaturated/α-hetero) is 1. The Balaban J connectivity index is 0. The van der Waals surface area contributed by atoms with E-state index in [0.29, 0.717) is 10.5 Å². The number of thiocarbonyl (C=S) groups is 1. The van der Waals surface area contributed by atoms with E-state index in [1.54, 1.807) is 0 Å². The molecule has 0 spiro atoms. The summed E-state index contributed by atoms with van der Waals surface area (Å²) in [6.07, 6.45) is 0. The van der Waals surface area contributed by atoms with Crippen molar-refractivity contribution in [2.24, 2.45) is 11.5 Å². The minimum absolute atomic E-state index is 0. The molecule has 0 aliphatic heterocycles. The van der Waals surface area contributed by atoms with Crippen LogP contribution in [0.3, 0.4) is 0 Å². The molecule has 3 rings (SSSR count). The molecule has 0 unspecified atom stereocenters. The molecular weight excluding hydrogens is 472 g/mol. The van der Waals surface area contributed by atoms with E-state index in [-0.39, 0.29) is 18.3 Å². The summed E-state index contributed by atoms with van der Waals surface area (Å²) in [5, 5.41) is 9.98. The first-order valence-corrected chi connectivity index (χ1v) is 10.2. The van der Waals surface area contributed by atoms with Gasteiger partial charge in [-0.25, -0.2) is 4.98 Å². The molecule has 0 saturated carbocycles. The number of halogens is 1. The Kier molecular flexibility index (Phi) is 17.7. The predicted molar refractivity (Wildman–Crippen MR) is 132 cm³/mol. The van der Waals surface area contributed by atoms with Crippen molar-refractivity contribution in [1.82, 2.24) is 4.98 Å². The van der Waals surface area contributed by atoms with E-state index >= 15 is 0 Å². The van der Waals surface area contributed by atoms with Crippen LogP contribution in [0.25, 0.3) is 11.3 Å². The Labute approximate surface area is 189 Å². The van der Waals surface area contributed by atoms with E-state index in [1.807, 2.05) is 66.0 Å². The predicted octanol–water partition coefficient (Wildman–Crippen LogP) is 4.09. The van der Waals surface area contributed by atoms with Gasteiger partial charge in [-0.05, 0) is 12.2 Å². The quantitative estimate of drug-likeness (QED) is 0.243. The van der Waals surface area contributed by atoms with Gasteiger partial charge in [0, 0.05) is 23.6 Å². The summed E-state index contributed by atoms with van der Waals surface area (Å²) in [5.74, 6) is 0.126. The average Bonchev–Trinajstić information content (AvgIpc) is 3.17. The molecule has 0 aliphatic rings. The highest BCUT2D eigenvalue weighted by Gasteiger charge is 2.00. The second-order valence-electron chi connectivity index (χ2n) is 4.76. The Morgan fingerprint density at radius 1 is 1.07 bits per heavy atom. The lowest BCUT2D eigenvalue weighted by Crippen LogP contribution is -2.18. The third-order valence-electron chi connectivity index (χ3n) is 2.81. The highest BCUT2D eigenvalue weighted by Crippen LogP contribution is 2.22. The second-order valence-corrected chi connectivity index (χ2v) is 6.68. The van der Waals surface area contributed by atoms with E-state index in [2.05, 4.69) is 44.6 Å². The van der Waals surface area contributed by atoms with Gasteiger partial charge < -0.3 is 22.3 Å². The molecule has 0 aliphatic carbocycles. The zero-order valence-corrected chi connectivity index (χ0v) is 18.5. The van der Waals surface area contributed by atoms with E-state index in [0.717, 1.165) is 23.9 Å². The fraction of sp³-hybridized carbons (Fsp3) is 0.150. The van der Waals surface area contributed by atoms with Gasteiger partial charge in [0.15, 0.2) is 16.0 Å². The molecule has 0 atom stereocenters. The molecule has 6 nitrogen and oxygen atoms in total. The largest absolute Gasteiger partial charge is 0.400 e. The summed E-state index contributed by atoms with van der Waals surface area (Å²) >= 11 is 8.66. The average molecular weight is 500 g/mol. The fourth-order valence-corrected chi connectivity index (χ4v) is 2.63. The highest BCUT2D eigenvalue weighted by atomic mass is 79.9. The zero-order valence-electron chi connectivity index (χ0n) is 15.3. The van der Waals surface area contributed by atoms with Crippen molar-refractivity contribution >= 4 is 55.5 Å². The SMILES string of the molecule is C.CO.NC(N)=S.Nc1nc(-c2ccccc2)cs1.O=C(CBr)c1ccccc1. The third-order valence-corrected chi connectivity index (χ3v) is 3.99. The first-order chi connectivity index (χ1) is 13.4. The Hall–Kier alpha value is -2.33. The van der Waals surface area contributed by atoms with Crippen molar-refractivity contribution < 1.29 is 9.90 Å². The number of nitrogen functional groups attached to an aromatic ring is 1. The highest BCUT2D eigenvalue weighted by molar-refractivity contribution is 9.09. The van der Waals surface area contributed by atoms with Crippen LogP contribution in [-0.2, 0) is 0 Å². The normalized spacial score (nSPS) is 8.38. The van der Waals surface area contributed by atoms with Gasteiger partial charge in [0.05, 0.1) is 11.0 Å². The van der Waals surface area contributed by atoms with Crippen LogP contribution in [0.5, 0.6) is 0 Å². The lowest BCUT2D eigenvalue weighted by atomic mass is 10.2.